The molecule has 0 spiro atoms. The van der Waals surface area contributed by atoms with Crippen LogP contribution in [0.25, 0.3) is 10.9 Å². The van der Waals surface area contributed by atoms with E-state index in [1.54, 1.807) is 0 Å². The summed E-state index contributed by atoms with van der Waals surface area (Å²) in [4.78, 5) is 18.0. The van der Waals surface area contributed by atoms with E-state index in [1.165, 1.54) is 5.56 Å². The normalized spacial score (nSPS) is 14.5. The molecule has 4 nitrogen and oxygen atoms in total. The van der Waals surface area contributed by atoms with E-state index in [0.29, 0.717) is 12.5 Å². The first kappa shape index (κ1) is 15.1. The predicted octanol–water partition coefficient (Wildman–Crippen LogP) is 2.78. The van der Waals surface area contributed by atoms with E-state index >= 15 is 0 Å². The van der Waals surface area contributed by atoms with E-state index in [2.05, 4.69) is 24.0 Å². The Morgan fingerprint density at radius 2 is 2.18 bits per heavy atom. The number of amides is 1. The average Bonchev–Trinajstić information content (AvgIpc) is 3.26. The Balaban J connectivity index is 1.72. The number of aliphatic hydroxyl groups is 1. The lowest BCUT2D eigenvalue weighted by atomic mass is 10.1. The summed E-state index contributed by atoms with van der Waals surface area (Å²) < 4.78 is 0. The lowest BCUT2D eigenvalue weighted by Gasteiger charge is -2.22. The Hall–Kier alpha value is -1.81. The smallest absolute Gasteiger partial charge is 0.227 e. The standard InChI is InChI=1S/C18H24N2O2/c1-13-5-4-6-16-14(12-19-18(13)16)11-17(22)20(15-7-8-15)9-2-3-10-21/h4-6,12,15,19,21H,2-3,7-11H2,1H3. The minimum atomic E-state index is 0.203. The van der Waals surface area contributed by atoms with E-state index < -0.39 is 0 Å². The number of aromatic nitrogens is 1. The van der Waals surface area contributed by atoms with Crippen molar-refractivity contribution in [1.29, 1.82) is 0 Å². The molecule has 1 amide bonds. The van der Waals surface area contributed by atoms with Crippen molar-refractivity contribution in [1.82, 2.24) is 9.88 Å². The number of carbonyl (C=O) groups is 1. The molecule has 1 saturated carbocycles. The summed E-state index contributed by atoms with van der Waals surface area (Å²) in [7, 11) is 0. The molecule has 3 rings (SSSR count). The highest BCUT2D eigenvalue weighted by molar-refractivity contribution is 5.90. The Labute approximate surface area is 131 Å². The maximum absolute atomic E-state index is 12.7. The predicted molar refractivity (Wildman–Crippen MR) is 87.8 cm³/mol. The molecule has 0 radical (unpaired) electrons. The molecule has 1 heterocycles. The largest absolute Gasteiger partial charge is 0.396 e. The molecule has 2 aromatic rings. The Morgan fingerprint density at radius 3 is 2.91 bits per heavy atom. The van der Waals surface area contributed by atoms with Gasteiger partial charge in [-0.1, -0.05) is 18.2 Å². The monoisotopic (exact) mass is 300 g/mol. The number of carbonyl (C=O) groups excluding carboxylic acids is 1. The van der Waals surface area contributed by atoms with Crippen LogP contribution in [-0.2, 0) is 11.2 Å². The van der Waals surface area contributed by atoms with Gasteiger partial charge >= 0.3 is 0 Å². The molecule has 118 valence electrons. The van der Waals surface area contributed by atoms with Crippen LogP contribution in [0.4, 0.5) is 0 Å². The van der Waals surface area contributed by atoms with Crippen LogP contribution < -0.4 is 0 Å². The van der Waals surface area contributed by atoms with Gasteiger partial charge in [0.05, 0.1) is 6.42 Å². The molecule has 0 unspecified atom stereocenters. The number of aliphatic hydroxyl groups excluding tert-OH is 1. The topological polar surface area (TPSA) is 56.3 Å². The number of hydrogen-bond donors (Lipinski definition) is 2. The van der Waals surface area contributed by atoms with Crippen LogP contribution in [-0.4, -0.2) is 40.1 Å². The lowest BCUT2D eigenvalue weighted by molar-refractivity contribution is -0.131. The fourth-order valence-electron chi connectivity index (χ4n) is 3.07. The van der Waals surface area contributed by atoms with Crippen LogP contribution in [0.15, 0.2) is 24.4 Å². The molecular formula is C18H24N2O2. The second-order valence-electron chi connectivity index (χ2n) is 6.24. The lowest BCUT2D eigenvalue weighted by Crippen LogP contribution is -2.35. The molecule has 0 aliphatic heterocycles. The first-order valence-electron chi connectivity index (χ1n) is 8.16. The van der Waals surface area contributed by atoms with Crippen molar-refractivity contribution in [3.8, 4) is 0 Å². The molecule has 0 saturated heterocycles. The van der Waals surface area contributed by atoms with Crippen LogP contribution >= 0.6 is 0 Å². The number of para-hydroxylation sites is 1. The fraction of sp³-hybridized carbons (Fsp3) is 0.500. The van der Waals surface area contributed by atoms with Crippen molar-refractivity contribution in [2.24, 2.45) is 0 Å². The zero-order chi connectivity index (χ0) is 15.5. The third-order valence-corrected chi connectivity index (χ3v) is 4.47. The molecule has 2 N–H and O–H groups in total. The van der Waals surface area contributed by atoms with E-state index in [1.807, 2.05) is 17.2 Å². The maximum Gasteiger partial charge on any atom is 0.227 e. The molecule has 1 aliphatic carbocycles. The molecule has 1 fully saturated rings. The summed E-state index contributed by atoms with van der Waals surface area (Å²) in [5.41, 5.74) is 3.42. The summed E-state index contributed by atoms with van der Waals surface area (Å²) in [6.07, 6.45) is 6.32. The summed E-state index contributed by atoms with van der Waals surface area (Å²) in [6, 6.07) is 6.63. The van der Waals surface area contributed by atoms with Gasteiger partial charge in [-0.05, 0) is 43.7 Å². The van der Waals surface area contributed by atoms with E-state index in [-0.39, 0.29) is 12.5 Å². The van der Waals surface area contributed by atoms with Crippen LogP contribution in [0.5, 0.6) is 0 Å². The van der Waals surface area contributed by atoms with Crippen molar-refractivity contribution in [2.45, 2.75) is 45.1 Å². The van der Waals surface area contributed by atoms with Gasteiger partial charge in [0, 0.05) is 36.3 Å². The summed E-state index contributed by atoms with van der Waals surface area (Å²) >= 11 is 0. The highest BCUT2D eigenvalue weighted by atomic mass is 16.3. The molecule has 22 heavy (non-hydrogen) atoms. The Bertz CT molecular complexity index is 658. The summed E-state index contributed by atoms with van der Waals surface area (Å²) in [5, 5.41) is 10.1. The highest BCUT2D eigenvalue weighted by Crippen LogP contribution is 2.29. The molecule has 1 aromatic carbocycles. The first-order chi connectivity index (χ1) is 10.7. The van der Waals surface area contributed by atoms with Crippen LogP contribution in [0, 0.1) is 6.92 Å². The number of unbranched alkanes of at least 4 members (excludes halogenated alkanes) is 1. The number of nitrogens with one attached hydrogen (secondary N) is 1. The number of fused-ring (bicyclic) bond motifs is 1. The summed E-state index contributed by atoms with van der Waals surface area (Å²) in [6.45, 7) is 3.05. The van der Waals surface area contributed by atoms with Gasteiger partial charge in [0.25, 0.3) is 0 Å². The quantitative estimate of drug-likeness (QED) is 0.773. The molecule has 0 bridgehead atoms. The Morgan fingerprint density at radius 1 is 1.36 bits per heavy atom. The number of nitrogens with zero attached hydrogens (tertiary/aromatic N) is 1. The van der Waals surface area contributed by atoms with Crippen LogP contribution in [0.1, 0.15) is 36.8 Å². The van der Waals surface area contributed by atoms with E-state index in [0.717, 1.165) is 48.7 Å². The number of H-pyrrole nitrogens is 1. The first-order valence-corrected chi connectivity index (χ1v) is 8.16. The van der Waals surface area contributed by atoms with E-state index in [9.17, 15) is 4.79 Å². The van der Waals surface area contributed by atoms with Crippen molar-refractivity contribution < 1.29 is 9.90 Å². The van der Waals surface area contributed by atoms with E-state index in [4.69, 9.17) is 5.11 Å². The molecule has 1 aliphatic rings. The van der Waals surface area contributed by atoms with Crippen molar-refractivity contribution >= 4 is 16.8 Å². The minimum Gasteiger partial charge on any atom is -0.396 e. The maximum atomic E-state index is 12.7. The van der Waals surface area contributed by atoms with Gasteiger partial charge < -0.3 is 15.0 Å². The van der Waals surface area contributed by atoms with Gasteiger partial charge in [-0.25, -0.2) is 0 Å². The summed E-state index contributed by atoms with van der Waals surface area (Å²) in [5.74, 6) is 0.211. The third kappa shape index (κ3) is 3.17. The van der Waals surface area contributed by atoms with Crippen LogP contribution in [0.3, 0.4) is 0 Å². The van der Waals surface area contributed by atoms with Gasteiger partial charge in [-0.15, -0.1) is 0 Å². The van der Waals surface area contributed by atoms with Crippen molar-refractivity contribution in [3.63, 3.8) is 0 Å². The number of hydrogen-bond acceptors (Lipinski definition) is 2. The highest BCUT2D eigenvalue weighted by Gasteiger charge is 2.32. The second-order valence-corrected chi connectivity index (χ2v) is 6.24. The zero-order valence-corrected chi connectivity index (χ0v) is 13.1. The van der Waals surface area contributed by atoms with Gasteiger partial charge in [0.2, 0.25) is 5.91 Å². The fourth-order valence-corrected chi connectivity index (χ4v) is 3.07. The molecule has 0 atom stereocenters. The molecule has 4 heteroatoms. The Kier molecular flexibility index (Phi) is 4.48. The minimum absolute atomic E-state index is 0.203. The number of benzene rings is 1. The van der Waals surface area contributed by atoms with Gasteiger partial charge in [-0.2, -0.15) is 0 Å². The van der Waals surface area contributed by atoms with Crippen molar-refractivity contribution in [2.75, 3.05) is 13.2 Å². The average molecular weight is 300 g/mol. The molecule has 1 aromatic heterocycles. The van der Waals surface area contributed by atoms with Gasteiger partial charge in [-0.3, -0.25) is 4.79 Å². The van der Waals surface area contributed by atoms with Gasteiger partial charge in [0.1, 0.15) is 0 Å². The molecular weight excluding hydrogens is 276 g/mol. The van der Waals surface area contributed by atoms with Crippen molar-refractivity contribution in [3.05, 3.63) is 35.5 Å². The zero-order valence-electron chi connectivity index (χ0n) is 13.1. The second kappa shape index (κ2) is 6.53. The third-order valence-electron chi connectivity index (χ3n) is 4.47. The number of rotatable bonds is 7. The van der Waals surface area contributed by atoms with Crippen LogP contribution in [0.2, 0.25) is 0 Å². The number of aryl methyl sites for hydroxylation is 1. The van der Waals surface area contributed by atoms with Gasteiger partial charge in [0.15, 0.2) is 0 Å². The number of aromatic amines is 1. The SMILES string of the molecule is Cc1cccc2c(CC(=O)N(CCCCO)C3CC3)c[nH]c12.